The Morgan fingerprint density at radius 1 is 1.11 bits per heavy atom. The van der Waals surface area contributed by atoms with Crippen LogP contribution in [-0.2, 0) is 27.6 Å². The van der Waals surface area contributed by atoms with E-state index in [4.69, 9.17) is 23.0 Å². The van der Waals surface area contributed by atoms with Gasteiger partial charge in [0.25, 0.3) is 0 Å². The van der Waals surface area contributed by atoms with E-state index in [1.807, 2.05) is 0 Å². The van der Waals surface area contributed by atoms with Crippen LogP contribution in [0.25, 0.3) is 0 Å². The summed E-state index contributed by atoms with van der Waals surface area (Å²) >= 11 is 0. The lowest BCUT2D eigenvalue weighted by Crippen LogP contribution is -2.09. The summed E-state index contributed by atoms with van der Waals surface area (Å²) in [6.45, 7) is 6.33. The molecule has 2 unspecified atom stereocenters. The quantitative estimate of drug-likeness (QED) is 0.450. The fourth-order valence-corrected chi connectivity index (χ4v) is 2.44. The van der Waals surface area contributed by atoms with E-state index in [0.29, 0.717) is 25.7 Å². The summed E-state index contributed by atoms with van der Waals surface area (Å²) in [7, 11) is -3.46. The highest BCUT2D eigenvalue weighted by Gasteiger charge is 2.35. The van der Waals surface area contributed by atoms with Crippen molar-refractivity contribution in [1.82, 2.24) is 0 Å². The predicted octanol–water partition coefficient (Wildman–Crippen LogP) is 1.99. The zero-order valence-electron chi connectivity index (χ0n) is 10.9. The van der Waals surface area contributed by atoms with Crippen LogP contribution in [0.4, 0.5) is 0 Å². The molecule has 106 valence electrons. The first kappa shape index (κ1) is 14.4. The van der Waals surface area contributed by atoms with Crippen molar-refractivity contribution in [3.63, 3.8) is 0 Å². The molecule has 0 amide bonds. The average molecular weight is 280 g/mol. The van der Waals surface area contributed by atoms with Gasteiger partial charge in [0, 0.05) is 0 Å². The minimum atomic E-state index is -3.46. The third-order valence-corrected chi connectivity index (χ3v) is 4.02. The van der Waals surface area contributed by atoms with Gasteiger partial charge in [-0.25, -0.2) is 4.57 Å². The molecule has 18 heavy (non-hydrogen) atoms. The highest BCUT2D eigenvalue weighted by atomic mass is 31.2. The van der Waals surface area contributed by atoms with E-state index in [9.17, 15) is 4.57 Å². The molecule has 2 rings (SSSR count). The molecule has 0 spiro atoms. The smallest absolute Gasteiger partial charge is 0.371 e. The predicted molar refractivity (Wildman–Crippen MR) is 64.4 cm³/mol. The van der Waals surface area contributed by atoms with E-state index in [1.54, 1.807) is 0 Å². The fourth-order valence-electron chi connectivity index (χ4n) is 1.19. The Balaban J connectivity index is 1.72. The molecule has 0 aromatic heterocycles. The van der Waals surface area contributed by atoms with Gasteiger partial charge in [-0.1, -0.05) is 13.8 Å². The summed E-state index contributed by atoms with van der Waals surface area (Å²) in [5.41, 5.74) is 0. The Labute approximate surface area is 107 Å². The highest BCUT2D eigenvalue weighted by molar-refractivity contribution is 7.48. The third kappa shape index (κ3) is 5.78. The van der Waals surface area contributed by atoms with Gasteiger partial charge in [-0.05, 0) is 12.3 Å². The number of hydrogen-bond acceptors (Lipinski definition) is 6. The Kier molecular flexibility index (Phi) is 5.18. The van der Waals surface area contributed by atoms with Crippen LogP contribution in [0, 0.1) is 5.92 Å². The van der Waals surface area contributed by atoms with Gasteiger partial charge >= 0.3 is 7.82 Å². The van der Waals surface area contributed by atoms with E-state index >= 15 is 0 Å². The Hall–Kier alpha value is 0.0300. The Morgan fingerprint density at radius 2 is 1.61 bits per heavy atom. The van der Waals surface area contributed by atoms with Crippen LogP contribution in [0.3, 0.4) is 0 Å². The number of rotatable bonds is 10. The maximum atomic E-state index is 12.3. The van der Waals surface area contributed by atoms with Crippen molar-refractivity contribution in [2.24, 2.45) is 5.92 Å². The molecule has 0 aromatic rings. The molecular weight excluding hydrogens is 259 g/mol. The van der Waals surface area contributed by atoms with E-state index in [1.165, 1.54) is 0 Å². The van der Waals surface area contributed by atoms with Gasteiger partial charge in [0.05, 0.1) is 33.0 Å². The zero-order chi connectivity index (χ0) is 13.0. The minimum absolute atomic E-state index is 0.0350. The van der Waals surface area contributed by atoms with E-state index in [0.717, 1.165) is 6.42 Å². The molecule has 2 heterocycles. The molecule has 2 aliphatic rings. The topological polar surface area (TPSA) is 69.8 Å². The molecule has 2 saturated heterocycles. The summed E-state index contributed by atoms with van der Waals surface area (Å²) in [6, 6.07) is 0. The second-order valence-corrected chi connectivity index (χ2v) is 6.63. The number of phosphoric acid groups is 1. The van der Waals surface area contributed by atoms with Crippen molar-refractivity contribution < 1.29 is 27.6 Å². The van der Waals surface area contributed by atoms with Crippen LogP contribution in [0.15, 0.2) is 0 Å². The molecule has 6 nitrogen and oxygen atoms in total. The minimum Gasteiger partial charge on any atom is -0.371 e. The van der Waals surface area contributed by atoms with E-state index < -0.39 is 7.82 Å². The molecular formula is C11H21O6P. The van der Waals surface area contributed by atoms with Gasteiger partial charge in [0.15, 0.2) is 0 Å². The molecule has 7 heteroatoms. The lowest BCUT2D eigenvalue weighted by Gasteiger charge is -2.17. The molecule has 0 radical (unpaired) electrons. The van der Waals surface area contributed by atoms with Gasteiger partial charge in [0.1, 0.15) is 12.2 Å². The van der Waals surface area contributed by atoms with Crippen molar-refractivity contribution in [2.45, 2.75) is 32.5 Å². The largest absolute Gasteiger partial charge is 0.474 e. The Morgan fingerprint density at radius 3 is 2.00 bits per heavy atom. The van der Waals surface area contributed by atoms with Gasteiger partial charge < -0.3 is 9.47 Å². The van der Waals surface area contributed by atoms with Crippen molar-refractivity contribution in [3.05, 3.63) is 0 Å². The van der Waals surface area contributed by atoms with E-state index in [-0.39, 0.29) is 25.4 Å². The molecule has 2 atom stereocenters. The van der Waals surface area contributed by atoms with Crippen molar-refractivity contribution >= 4 is 7.82 Å². The van der Waals surface area contributed by atoms with Crippen LogP contribution in [-0.4, -0.2) is 45.2 Å². The molecule has 0 bridgehead atoms. The summed E-state index contributed by atoms with van der Waals surface area (Å²) < 4.78 is 38.1. The number of ether oxygens (including phenoxy) is 2. The monoisotopic (exact) mass is 280 g/mol. The van der Waals surface area contributed by atoms with Crippen LogP contribution in [0.1, 0.15) is 20.3 Å². The highest BCUT2D eigenvalue weighted by Crippen LogP contribution is 2.50. The normalized spacial score (nSPS) is 29.3. The van der Waals surface area contributed by atoms with Crippen molar-refractivity contribution in [3.8, 4) is 0 Å². The van der Waals surface area contributed by atoms with Crippen LogP contribution >= 0.6 is 7.82 Å². The summed E-state index contributed by atoms with van der Waals surface area (Å²) in [5.74, 6) is 0.483. The van der Waals surface area contributed by atoms with Crippen LogP contribution in [0.2, 0.25) is 0 Å². The zero-order valence-corrected chi connectivity index (χ0v) is 11.8. The maximum Gasteiger partial charge on any atom is 0.474 e. The fraction of sp³-hybridized carbons (Fsp3) is 1.00. The lowest BCUT2D eigenvalue weighted by atomic mass is 10.2. The van der Waals surface area contributed by atoms with E-state index in [2.05, 4.69) is 13.8 Å². The maximum absolute atomic E-state index is 12.3. The molecule has 0 aromatic carbocycles. The average Bonchev–Trinajstić information content (AvgIpc) is 3.15. The molecule has 0 aliphatic carbocycles. The van der Waals surface area contributed by atoms with Crippen molar-refractivity contribution in [1.29, 1.82) is 0 Å². The Bertz CT molecular complexity index is 280. The molecule has 2 fully saturated rings. The van der Waals surface area contributed by atoms with Gasteiger partial charge in [-0.15, -0.1) is 0 Å². The lowest BCUT2D eigenvalue weighted by molar-refractivity contribution is 0.0976. The van der Waals surface area contributed by atoms with Crippen LogP contribution < -0.4 is 0 Å². The second-order valence-electron chi connectivity index (χ2n) is 4.97. The summed E-state index contributed by atoms with van der Waals surface area (Å²) in [4.78, 5) is 0. The first-order valence-electron chi connectivity index (χ1n) is 6.34. The van der Waals surface area contributed by atoms with Gasteiger partial charge in [-0.2, -0.15) is 0 Å². The standard InChI is InChI=1S/C11H21O6P/c1-9(2)3-4-15-18(12,16-7-10-5-13-10)17-8-11-6-14-11/h9-11H,3-8H2,1-2H3. The summed E-state index contributed by atoms with van der Waals surface area (Å²) in [5, 5.41) is 0. The van der Waals surface area contributed by atoms with Crippen LogP contribution in [0.5, 0.6) is 0 Å². The van der Waals surface area contributed by atoms with Gasteiger partial charge in [0.2, 0.25) is 0 Å². The first-order chi connectivity index (χ1) is 8.57. The number of hydrogen-bond donors (Lipinski definition) is 0. The SMILES string of the molecule is CC(C)CCOP(=O)(OCC1CO1)OCC1CO1. The third-order valence-electron chi connectivity index (χ3n) is 2.59. The molecule has 2 aliphatic heterocycles. The molecule has 0 saturated carbocycles. The molecule has 0 N–H and O–H groups in total. The van der Waals surface area contributed by atoms with Gasteiger partial charge in [-0.3, -0.25) is 13.6 Å². The number of epoxide rings is 2. The first-order valence-corrected chi connectivity index (χ1v) is 7.80. The second kappa shape index (κ2) is 6.46. The number of phosphoric ester groups is 1. The summed E-state index contributed by atoms with van der Waals surface area (Å²) in [6.07, 6.45) is 0.886. The van der Waals surface area contributed by atoms with Crippen molar-refractivity contribution in [2.75, 3.05) is 33.0 Å².